The fourth-order valence-corrected chi connectivity index (χ4v) is 8.36. The summed E-state index contributed by atoms with van der Waals surface area (Å²) in [5.41, 5.74) is 3.35. The highest BCUT2D eigenvalue weighted by Gasteiger charge is 2.23. The average Bonchev–Trinajstić information content (AvgIpc) is 3.70. The van der Waals surface area contributed by atoms with Crippen molar-refractivity contribution in [1.82, 2.24) is 19.1 Å². The Morgan fingerprint density at radius 3 is 1.91 bits per heavy atom. The van der Waals surface area contributed by atoms with Gasteiger partial charge in [-0.3, -0.25) is 13.9 Å². The molecule has 224 valence electrons. The fraction of sp³-hybridized carbons (Fsp3) is 0.0488. The number of hydrogen-bond acceptors (Lipinski definition) is 4. The summed E-state index contributed by atoms with van der Waals surface area (Å²) in [7, 11) is 0. The van der Waals surface area contributed by atoms with Crippen LogP contribution in [0.2, 0.25) is 0 Å². The maximum Gasteiger partial charge on any atom is 0.264 e. The van der Waals surface area contributed by atoms with Gasteiger partial charge in [0.25, 0.3) is 5.56 Å². The number of pyridine rings is 1. The molecule has 10 rings (SSSR count). The van der Waals surface area contributed by atoms with E-state index in [0.29, 0.717) is 17.0 Å². The summed E-state index contributed by atoms with van der Waals surface area (Å²) < 4.78 is 6.36. The van der Waals surface area contributed by atoms with Crippen LogP contribution in [0.3, 0.4) is 0 Å². The molecule has 0 saturated carbocycles. The van der Waals surface area contributed by atoms with Gasteiger partial charge in [0, 0.05) is 43.2 Å². The van der Waals surface area contributed by atoms with Gasteiger partial charge in [-0.15, -0.1) is 11.3 Å². The summed E-state index contributed by atoms with van der Waals surface area (Å²) >= 11 is 1.81. The molecule has 5 nitrogen and oxygen atoms in total. The van der Waals surface area contributed by atoms with Gasteiger partial charge in [0.1, 0.15) is 0 Å². The molecule has 4 heterocycles. The van der Waals surface area contributed by atoms with Crippen LogP contribution in [0.1, 0.15) is 13.8 Å². The zero-order valence-corrected chi connectivity index (χ0v) is 26.6. The van der Waals surface area contributed by atoms with Crippen molar-refractivity contribution in [3.05, 3.63) is 144 Å². The molecular weight excluding hydrogens is 597 g/mol. The molecule has 0 atom stereocenters. The number of rotatable bonds is 2. The molecule has 0 bridgehead atoms. The summed E-state index contributed by atoms with van der Waals surface area (Å²) in [5, 5.41) is 9.57. The minimum Gasteiger partial charge on any atom is -0.276 e. The van der Waals surface area contributed by atoms with Crippen LogP contribution in [0.15, 0.2) is 138 Å². The van der Waals surface area contributed by atoms with Crippen molar-refractivity contribution >= 4 is 85.9 Å². The molecular formula is C41H28N4OS. The number of thiophene rings is 1. The third-order valence-electron chi connectivity index (χ3n) is 8.98. The summed E-state index contributed by atoms with van der Waals surface area (Å²) in [6.07, 6.45) is 1.88. The quantitative estimate of drug-likeness (QED) is 0.180. The van der Waals surface area contributed by atoms with Gasteiger partial charge in [-0.25, -0.2) is 4.98 Å². The molecule has 0 aliphatic carbocycles. The van der Waals surface area contributed by atoms with Crippen molar-refractivity contribution in [2.45, 2.75) is 13.8 Å². The first-order chi connectivity index (χ1) is 23.3. The smallest absolute Gasteiger partial charge is 0.264 e. The van der Waals surface area contributed by atoms with Crippen LogP contribution in [-0.4, -0.2) is 19.1 Å². The first-order valence-electron chi connectivity index (χ1n) is 15.9. The van der Waals surface area contributed by atoms with Crippen molar-refractivity contribution < 1.29 is 0 Å². The molecule has 0 fully saturated rings. The van der Waals surface area contributed by atoms with Crippen molar-refractivity contribution in [1.29, 1.82) is 0 Å². The topological polar surface area (TPSA) is 52.7 Å². The Hall–Kier alpha value is -5.85. The maximum atomic E-state index is 14.1. The number of aromatic nitrogens is 4. The molecule has 4 aromatic heterocycles. The van der Waals surface area contributed by atoms with Gasteiger partial charge in [-0.2, -0.15) is 4.98 Å². The van der Waals surface area contributed by atoms with E-state index in [4.69, 9.17) is 9.97 Å². The van der Waals surface area contributed by atoms with Gasteiger partial charge in [0.2, 0.25) is 5.95 Å². The zero-order chi connectivity index (χ0) is 31.6. The summed E-state index contributed by atoms with van der Waals surface area (Å²) in [6.45, 7) is 4.00. The van der Waals surface area contributed by atoms with Crippen LogP contribution >= 0.6 is 11.3 Å². The number of nitrogens with zero attached hydrogens (tertiary/aromatic N) is 4. The molecule has 0 aliphatic rings. The Morgan fingerprint density at radius 2 is 1.15 bits per heavy atom. The number of hydrogen-bond donors (Lipinski definition) is 0. The Morgan fingerprint density at radius 1 is 0.553 bits per heavy atom. The number of para-hydroxylation sites is 2. The summed E-state index contributed by atoms with van der Waals surface area (Å²) in [5.74, 6) is 0.530. The first kappa shape index (κ1) is 27.5. The highest BCUT2D eigenvalue weighted by atomic mass is 32.1. The second kappa shape index (κ2) is 10.6. The van der Waals surface area contributed by atoms with Gasteiger partial charge in [-0.05, 0) is 46.5 Å². The monoisotopic (exact) mass is 624 g/mol. The van der Waals surface area contributed by atoms with Crippen LogP contribution in [0.25, 0.3) is 86.2 Å². The van der Waals surface area contributed by atoms with Crippen molar-refractivity contribution in [2.75, 3.05) is 0 Å². The standard InChI is InChI=1S/C39H22N4OS.C2H6/c44-38-27-17-7-4-14-24(27)30-22-40-39(41-37(30)42(38)23-12-2-1-3-13-23)43-31-20-10-8-18-28(31)33-25-15-5-6-16-26(25)34-29-19-9-11-21-32(29)45-36(34)35(33)43;1-2/h1-22H;1-2H3. The molecule has 6 heteroatoms. The van der Waals surface area contributed by atoms with Gasteiger partial charge >= 0.3 is 0 Å². The molecule has 10 aromatic rings. The third-order valence-corrected chi connectivity index (χ3v) is 10.2. The van der Waals surface area contributed by atoms with E-state index in [9.17, 15) is 4.79 Å². The Labute approximate surface area is 273 Å². The molecule has 0 aliphatic heterocycles. The summed E-state index contributed by atoms with van der Waals surface area (Å²) in [6, 6.07) is 43.3. The molecule has 0 unspecified atom stereocenters. The Kier molecular flexibility index (Phi) is 6.20. The van der Waals surface area contributed by atoms with Crippen LogP contribution < -0.4 is 5.56 Å². The Balaban J connectivity index is 0.00000149. The van der Waals surface area contributed by atoms with E-state index < -0.39 is 0 Å². The third kappa shape index (κ3) is 3.85. The van der Waals surface area contributed by atoms with Gasteiger partial charge < -0.3 is 0 Å². The highest BCUT2D eigenvalue weighted by Crippen LogP contribution is 2.47. The lowest BCUT2D eigenvalue weighted by Crippen LogP contribution is -2.20. The molecule has 0 amide bonds. The van der Waals surface area contributed by atoms with Crippen molar-refractivity contribution in [2.24, 2.45) is 0 Å². The second-order valence-corrected chi connectivity index (χ2v) is 12.4. The lowest BCUT2D eigenvalue weighted by molar-refractivity contribution is 0.966. The van der Waals surface area contributed by atoms with Crippen LogP contribution in [0.5, 0.6) is 0 Å². The fourth-order valence-electron chi connectivity index (χ4n) is 7.10. The first-order valence-corrected chi connectivity index (χ1v) is 16.7. The zero-order valence-electron chi connectivity index (χ0n) is 25.8. The molecule has 0 N–H and O–H groups in total. The van der Waals surface area contributed by atoms with E-state index in [1.54, 1.807) is 15.9 Å². The van der Waals surface area contributed by atoms with E-state index in [1.807, 2.05) is 74.6 Å². The average molecular weight is 625 g/mol. The maximum absolute atomic E-state index is 14.1. The highest BCUT2D eigenvalue weighted by molar-refractivity contribution is 7.27. The predicted octanol–water partition coefficient (Wildman–Crippen LogP) is 10.6. The molecule has 6 aromatic carbocycles. The van der Waals surface area contributed by atoms with E-state index >= 15 is 0 Å². The molecule has 47 heavy (non-hydrogen) atoms. The van der Waals surface area contributed by atoms with Crippen molar-refractivity contribution in [3.8, 4) is 11.6 Å². The minimum atomic E-state index is -0.103. The van der Waals surface area contributed by atoms with E-state index in [1.165, 1.54) is 36.3 Å². The van der Waals surface area contributed by atoms with Gasteiger partial charge in [0.05, 0.1) is 21.4 Å². The molecule has 0 spiro atoms. The van der Waals surface area contributed by atoms with Crippen LogP contribution in [-0.2, 0) is 0 Å². The van der Waals surface area contributed by atoms with E-state index in [-0.39, 0.29) is 5.56 Å². The second-order valence-electron chi connectivity index (χ2n) is 11.4. The largest absolute Gasteiger partial charge is 0.276 e. The van der Waals surface area contributed by atoms with Crippen LogP contribution in [0, 0.1) is 0 Å². The summed E-state index contributed by atoms with van der Waals surface area (Å²) in [4.78, 5) is 24.4. The Bertz CT molecular complexity index is 2900. The lowest BCUT2D eigenvalue weighted by Gasteiger charge is -2.14. The molecule has 0 saturated heterocycles. The van der Waals surface area contributed by atoms with E-state index in [2.05, 4.69) is 77.4 Å². The van der Waals surface area contributed by atoms with Crippen LogP contribution in [0.4, 0.5) is 0 Å². The lowest BCUT2D eigenvalue weighted by atomic mass is 9.99. The number of fused-ring (bicyclic) bond motifs is 13. The minimum absolute atomic E-state index is 0.103. The number of benzene rings is 6. The molecule has 0 radical (unpaired) electrons. The van der Waals surface area contributed by atoms with Crippen molar-refractivity contribution in [3.63, 3.8) is 0 Å². The van der Waals surface area contributed by atoms with E-state index in [0.717, 1.165) is 32.9 Å². The normalized spacial score (nSPS) is 11.7. The predicted molar refractivity (Wildman–Crippen MR) is 199 cm³/mol. The van der Waals surface area contributed by atoms with Gasteiger partial charge in [0.15, 0.2) is 5.65 Å². The van der Waals surface area contributed by atoms with Gasteiger partial charge in [-0.1, -0.05) is 111 Å². The SMILES string of the molecule is CC.O=c1c2ccccc2c2cnc(-n3c4ccccc4c4c5ccccc5c5c6ccccc6sc5c43)nc2n1-c1ccccc1.